The summed E-state index contributed by atoms with van der Waals surface area (Å²) in [5.74, 6) is -1.35. The van der Waals surface area contributed by atoms with Crippen LogP contribution >= 0.6 is 0 Å². The van der Waals surface area contributed by atoms with Gasteiger partial charge in [-0.1, -0.05) is 66.7 Å². The van der Waals surface area contributed by atoms with Crippen molar-refractivity contribution >= 4 is 27.8 Å². The van der Waals surface area contributed by atoms with Crippen LogP contribution < -0.4 is 5.73 Å². The Morgan fingerprint density at radius 1 is 0.822 bits per heavy atom. The summed E-state index contributed by atoms with van der Waals surface area (Å²) in [5.41, 5.74) is 11.9. The lowest BCUT2D eigenvalue weighted by atomic mass is 9.96. The standard InChI is InChI=1S/C33H22F3N7O2/c34-33(35,36)32(44)45-29(37)20-11-9-19(10-12-20)27-23(18-5-2-1-3-6-18)17-24-26(40-27)14-16-39-28(24)31-41-30(42-43-31)22-7-4-8-25-21(22)13-15-38-25/h1-17,29,38H,37H2,(H,41,42,43). The van der Waals surface area contributed by atoms with E-state index in [1.807, 2.05) is 66.9 Å². The molecule has 0 radical (unpaired) electrons. The monoisotopic (exact) mass is 605 g/mol. The van der Waals surface area contributed by atoms with Gasteiger partial charge < -0.3 is 9.72 Å². The first kappa shape index (κ1) is 27.9. The minimum absolute atomic E-state index is 0.196. The van der Waals surface area contributed by atoms with Gasteiger partial charge in [0.05, 0.1) is 11.2 Å². The van der Waals surface area contributed by atoms with Crippen LogP contribution in [-0.2, 0) is 9.53 Å². The molecule has 0 aliphatic rings. The van der Waals surface area contributed by atoms with Crippen molar-refractivity contribution in [3.63, 3.8) is 0 Å². The minimum Gasteiger partial charge on any atom is -0.436 e. The third-order valence-electron chi connectivity index (χ3n) is 7.35. The van der Waals surface area contributed by atoms with Gasteiger partial charge in [-0.2, -0.15) is 18.3 Å². The molecular weight excluding hydrogens is 583 g/mol. The molecule has 4 N–H and O–H groups in total. The number of benzene rings is 3. The van der Waals surface area contributed by atoms with Crippen molar-refractivity contribution in [1.82, 2.24) is 30.1 Å². The highest BCUT2D eigenvalue weighted by atomic mass is 19.4. The number of pyridine rings is 2. The van der Waals surface area contributed by atoms with Gasteiger partial charge in [0.15, 0.2) is 17.9 Å². The van der Waals surface area contributed by atoms with E-state index in [9.17, 15) is 18.0 Å². The number of nitrogens with zero attached hydrogens (tertiary/aromatic N) is 4. The SMILES string of the molecule is NC(OC(=O)C(F)(F)F)c1ccc(-c2nc3ccnc(-c4nc(-c5cccc6[nH]ccc56)n[nH]4)c3cc2-c2ccccc2)cc1. The van der Waals surface area contributed by atoms with E-state index in [-0.39, 0.29) is 5.56 Å². The Hall–Kier alpha value is -5.88. The number of rotatable bonds is 6. The predicted molar refractivity (Wildman–Crippen MR) is 162 cm³/mol. The van der Waals surface area contributed by atoms with E-state index in [1.165, 1.54) is 12.1 Å². The summed E-state index contributed by atoms with van der Waals surface area (Å²) < 4.78 is 42.3. The summed E-state index contributed by atoms with van der Waals surface area (Å²) in [6.45, 7) is 0. The van der Waals surface area contributed by atoms with E-state index in [4.69, 9.17) is 15.7 Å². The van der Waals surface area contributed by atoms with Crippen LogP contribution in [0.5, 0.6) is 0 Å². The number of hydrogen-bond acceptors (Lipinski definition) is 7. The lowest BCUT2D eigenvalue weighted by Crippen LogP contribution is -2.29. The second-order valence-corrected chi connectivity index (χ2v) is 10.2. The molecule has 9 nitrogen and oxygen atoms in total. The molecule has 0 fully saturated rings. The van der Waals surface area contributed by atoms with Gasteiger partial charge in [0, 0.05) is 50.9 Å². The Kier molecular flexibility index (Phi) is 6.82. The fourth-order valence-corrected chi connectivity index (χ4v) is 5.19. The number of nitrogens with two attached hydrogens (primary N) is 1. The fraction of sp³-hybridized carbons (Fsp3) is 0.0606. The van der Waals surface area contributed by atoms with Crippen molar-refractivity contribution in [2.45, 2.75) is 12.4 Å². The zero-order valence-corrected chi connectivity index (χ0v) is 23.2. The van der Waals surface area contributed by atoms with E-state index in [2.05, 4.69) is 24.9 Å². The van der Waals surface area contributed by atoms with Crippen LogP contribution in [0, 0.1) is 0 Å². The molecule has 222 valence electrons. The van der Waals surface area contributed by atoms with Gasteiger partial charge in [0.25, 0.3) is 0 Å². The summed E-state index contributed by atoms with van der Waals surface area (Å²) in [5, 5.41) is 9.25. The molecule has 3 aromatic carbocycles. The van der Waals surface area contributed by atoms with Crippen molar-refractivity contribution < 1.29 is 22.7 Å². The lowest BCUT2D eigenvalue weighted by Gasteiger charge is -2.16. The molecule has 12 heteroatoms. The summed E-state index contributed by atoms with van der Waals surface area (Å²) in [7, 11) is 0. The molecule has 0 aliphatic carbocycles. The summed E-state index contributed by atoms with van der Waals surface area (Å²) in [4.78, 5) is 28.9. The highest BCUT2D eigenvalue weighted by Gasteiger charge is 2.42. The number of aromatic nitrogens is 6. The quantitative estimate of drug-likeness (QED) is 0.138. The Bertz CT molecular complexity index is 2180. The van der Waals surface area contributed by atoms with Crippen molar-refractivity contribution in [3.05, 3.63) is 109 Å². The molecule has 45 heavy (non-hydrogen) atoms. The molecule has 0 saturated carbocycles. The van der Waals surface area contributed by atoms with Gasteiger partial charge in [0.2, 0.25) is 0 Å². The van der Waals surface area contributed by atoms with Gasteiger partial charge in [-0.3, -0.25) is 15.8 Å². The molecule has 7 rings (SSSR count). The minimum atomic E-state index is -5.14. The first-order chi connectivity index (χ1) is 21.8. The molecule has 1 atom stereocenters. The number of ether oxygens (including phenoxy) is 1. The second kappa shape index (κ2) is 11.0. The Morgan fingerprint density at radius 2 is 1.62 bits per heavy atom. The second-order valence-electron chi connectivity index (χ2n) is 10.2. The number of carbonyl (C=O) groups excluding carboxylic acids is 1. The molecule has 0 amide bonds. The van der Waals surface area contributed by atoms with Crippen molar-refractivity contribution in [2.75, 3.05) is 0 Å². The van der Waals surface area contributed by atoms with Crippen molar-refractivity contribution in [3.8, 4) is 45.3 Å². The van der Waals surface area contributed by atoms with Crippen molar-refractivity contribution in [1.29, 1.82) is 0 Å². The highest BCUT2D eigenvalue weighted by molar-refractivity contribution is 5.98. The van der Waals surface area contributed by atoms with Crippen LogP contribution in [0.4, 0.5) is 13.2 Å². The van der Waals surface area contributed by atoms with Crippen LogP contribution in [0.1, 0.15) is 11.8 Å². The zero-order chi connectivity index (χ0) is 31.1. The van der Waals surface area contributed by atoms with Gasteiger partial charge in [-0.05, 0) is 29.8 Å². The summed E-state index contributed by atoms with van der Waals surface area (Å²) >= 11 is 0. The van der Waals surface area contributed by atoms with E-state index >= 15 is 0 Å². The number of esters is 1. The first-order valence-corrected chi connectivity index (χ1v) is 13.7. The first-order valence-electron chi connectivity index (χ1n) is 13.7. The number of carbonyl (C=O) groups is 1. The molecule has 1 unspecified atom stereocenters. The number of aromatic amines is 2. The van der Waals surface area contributed by atoms with E-state index in [0.29, 0.717) is 34.1 Å². The van der Waals surface area contributed by atoms with Gasteiger partial charge in [-0.25, -0.2) is 14.8 Å². The molecule has 0 aliphatic heterocycles. The number of H-pyrrole nitrogens is 2. The largest absolute Gasteiger partial charge is 0.490 e. The topological polar surface area (TPSA) is 135 Å². The molecule has 4 heterocycles. The van der Waals surface area contributed by atoms with Gasteiger partial charge in [0.1, 0.15) is 5.69 Å². The molecular formula is C33H22F3N7O2. The average molecular weight is 606 g/mol. The number of halogens is 3. The van der Waals surface area contributed by atoms with Crippen LogP contribution in [-0.4, -0.2) is 42.3 Å². The van der Waals surface area contributed by atoms with E-state index in [0.717, 1.165) is 33.0 Å². The van der Waals surface area contributed by atoms with Gasteiger partial charge in [-0.15, -0.1) is 0 Å². The normalized spacial score (nSPS) is 12.4. The average Bonchev–Trinajstić information content (AvgIpc) is 3.74. The van der Waals surface area contributed by atoms with Crippen LogP contribution in [0.15, 0.2) is 103 Å². The van der Waals surface area contributed by atoms with Crippen molar-refractivity contribution in [2.24, 2.45) is 5.73 Å². The Balaban J connectivity index is 1.30. The highest BCUT2D eigenvalue weighted by Crippen LogP contribution is 2.36. The maximum atomic E-state index is 12.7. The Labute approximate surface area is 252 Å². The number of fused-ring (bicyclic) bond motifs is 2. The maximum absolute atomic E-state index is 12.7. The predicted octanol–water partition coefficient (Wildman–Crippen LogP) is 6.96. The zero-order valence-electron chi connectivity index (χ0n) is 23.2. The fourth-order valence-electron chi connectivity index (χ4n) is 5.19. The lowest BCUT2D eigenvalue weighted by molar-refractivity contribution is -0.205. The van der Waals surface area contributed by atoms with Gasteiger partial charge >= 0.3 is 12.1 Å². The molecule has 0 spiro atoms. The van der Waals surface area contributed by atoms with E-state index < -0.39 is 18.4 Å². The third-order valence-corrected chi connectivity index (χ3v) is 7.35. The maximum Gasteiger partial charge on any atom is 0.490 e. The summed E-state index contributed by atoms with van der Waals surface area (Å²) in [6, 6.07) is 27.6. The molecule has 0 saturated heterocycles. The smallest absolute Gasteiger partial charge is 0.436 e. The number of hydrogen-bond donors (Lipinski definition) is 3. The molecule has 0 bridgehead atoms. The van der Waals surface area contributed by atoms with E-state index in [1.54, 1.807) is 24.4 Å². The van der Waals surface area contributed by atoms with Crippen LogP contribution in [0.3, 0.4) is 0 Å². The Morgan fingerprint density at radius 3 is 2.40 bits per heavy atom. The number of alkyl halides is 3. The van der Waals surface area contributed by atoms with Crippen LogP contribution in [0.25, 0.3) is 67.1 Å². The third kappa shape index (κ3) is 5.27. The molecule has 4 aromatic heterocycles. The number of nitrogens with one attached hydrogen (secondary N) is 2. The molecule has 7 aromatic rings. The summed E-state index contributed by atoms with van der Waals surface area (Å²) in [6.07, 6.45) is -3.22. The van der Waals surface area contributed by atoms with Crippen LogP contribution in [0.2, 0.25) is 0 Å².